The van der Waals surface area contributed by atoms with E-state index in [2.05, 4.69) is 15.3 Å². The SMILES string of the molecule is O=C(NO)c1ccc(CNc2nccc(-c3ccc(Cl)cc3)n2)cc1. The molecule has 3 N–H and O–H groups in total. The number of benzene rings is 2. The largest absolute Gasteiger partial charge is 0.350 e. The zero-order valence-corrected chi connectivity index (χ0v) is 13.9. The molecule has 3 aromatic rings. The highest BCUT2D eigenvalue weighted by Gasteiger charge is 2.05. The van der Waals surface area contributed by atoms with E-state index in [0.717, 1.165) is 16.8 Å². The number of anilines is 1. The molecule has 0 unspecified atom stereocenters. The minimum Gasteiger partial charge on any atom is -0.350 e. The highest BCUT2D eigenvalue weighted by Crippen LogP contribution is 2.20. The Labute approximate surface area is 149 Å². The summed E-state index contributed by atoms with van der Waals surface area (Å²) in [4.78, 5) is 20.0. The lowest BCUT2D eigenvalue weighted by Crippen LogP contribution is -2.18. The van der Waals surface area contributed by atoms with Gasteiger partial charge in [0.05, 0.1) is 5.69 Å². The normalized spacial score (nSPS) is 10.3. The van der Waals surface area contributed by atoms with Gasteiger partial charge in [0.15, 0.2) is 0 Å². The van der Waals surface area contributed by atoms with Gasteiger partial charge in [-0.15, -0.1) is 0 Å². The standard InChI is InChI=1S/C18H15ClN4O2/c19-15-7-5-13(6-8-15)16-9-10-20-18(22-16)21-11-12-1-3-14(4-2-12)17(24)23-25/h1-10,25H,11H2,(H,23,24)(H,20,21,22). The van der Waals surface area contributed by atoms with Crippen molar-refractivity contribution >= 4 is 23.5 Å². The monoisotopic (exact) mass is 354 g/mol. The number of rotatable bonds is 5. The quantitative estimate of drug-likeness (QED) is 0.482. The van der Waals surface area contributed by atoms with E-state index in [-0.39, 0.29) is 0 Å². The van der Waals surface area contributed by atoms with Crippen LogP contribution in [-0.4, -0.2) is 21.1 Å². The molecule has 0 bridgehead atoms. The molecular weight excluding hydrogens is 340 g/mol. The van der Waals surface area contributed by atoms with Crippen LogP contribution in [0.5, 0.6) is 0 Å². The maximum atomic E-state index is 11.3. The van der Waals surface area contributed by atoms with Crippen LogP contribution >= 0.6 is 11.6 Å². The van der Waals surface area contributed by atoms with Crippen molar-refractivity contribution in [3.05, 3.63) is 76.9 Å². The molecular formula is C18H15ClN4O2. The van der Waals surface area contributed by atoms with Crippen molar-refractivity contribution in [3.8, 4) is 11.3 Å². The number of amides is 1. The zero-order chi connectivity index (χ0) is 17.6. The molecule has 3 rings (SSSR count). The summed E-state index contributed by atoms with van der Waals surface area (Å²) in [5.74, 6) is -0.0388. The molecule has 6 nitrogen and oxygen atoms in total. The molecule has 25 heavy (non-hydrogen) atoms. The van der Waals surface area contributed by atoms with Gasteiger partial charge in [-0.2, -0.15) is 0 Å². The van der Waals surface area contributed by atoms with E-state index in [4.69, 9.17) is 16.8 Å². The van der Waals surface area contributed by atoms with E-state index < -0.39 is 5.91 Å². The Hall–Kier alpha value is -2.96. The fraction of sp³-hybridized carbons (Fsp3) is 0.0556. The fourth-order valence-electron chi connectivity index (χ4n) is 2.24. The van der Waals surface area contributed by atoms with E-state index >= 15 is 0 Å². The van der Waals surface area contributed by atoms with Crippen molar-refractivity contribution in [2.24, 2.45) is 0 Å². The summed E-state index contributed by atoms with van der Waals surface area (Å²) in [7, 11) is 0. The molecule has 2 aromatic carbocycles. The first-order valence-electron chi connectivity index (χ1n) is 7.52. The summed E-state index contributed by atoms with van der Waals surface area (Å²) in [5, 5.41) is 12.4. The van der Waals surface area contributed by atoms with E-state index in [1.807, 2.05) is 30.3 Å². The van der Waals surface area contributed by atoms with Crippen molar-refractivity contribution < 1.29 is 10.0 Å². The second-order valence-electron chi connectivity index (χ2n) is 5.26. The summed E-state index contributed by atoms with van der Waals surface area (Å²) < 4.78 is 0. The van der Waals surface area contributed by atoms with Crippen LogP contribution in [-0.2, 0) is 6.54 Å². The molecule has 0 fully saturated rings. The number of halogens is 1. The Bertz CT molecular complexity index is 867. The zero-order valence-electron chi connectivity index (χ0n) is 13.1. The van der Waals surface area contributed by atoms with Gasteiger partial charge >= 0.3 is 0 Å². The molecule has 0 spiro atoms. The Kier molecular flexibility index (Phi) is 5.23. The molecule has 7 heteroatoms. The lowest BCUT2D eigenvalue weighted by Gasteiger charge is -2.07. The van der Waals surface area contributed by atoms with Gasteiger partial charge in [0.1, 0.15) is 0 Å². The number of nitrogens with zero attached hydrogens (tertiary/aromatic N) is 2. The number of hydrogen-bond donors (Lipinski definition) is 3. The first-order valence-corrected chi connectivity index (χ1v) is 7.90. The van der Waals surface area contributed by atoms with Gasteiger partial charge in [0, 0.05) is 28.9 Å². The van der Waals surface area contributed by atoms with Crippen LogP contribution < -0.4 is 10.8 Å². The second kappa shape index (κ2) is 7.74. The van der Waals surface area contributed by atoms with Crippen LogP contribution in [0.2, 0.25) is 5.02 Å². The molecule has 126 valence electrons. The fourth-order valence-corrected chi connectivity index (χ4v) is 2.37. The van der Waals surface area contributed by atoms with Crippen LogP contribution in [0.15, 0.2) is 60.8 Å². The van der Waals surface area contributed by atoms with Gasteiger partial charge in [-0.3, -0.25) is 10.0 Å². The highest BCUT2D eigenvalue weighted by atomic mass is 35.5. The maximum Gasteiger partial charge on any atom is 0.274 e. The first kappa shape index (κ1) is 16.9. The first-order chi connectivity index (χ1) is 12.2. The molecule has 0 atom stereocenters. The van der Waals surface area contributed by atoms with E-state index in [0.29, 0.717) is 23.1 Å². The minimum absolute atomic E-state index is 0.382. The molecule has 0 aliphatic carbocycles. The van der Waals surface area contributed by atoms with Gasteiger partial charge in [-0.1, -0.05) is 35.9 Å². The van der Waals surface area contributed by atoms with Gasteiger partial charge in [0.2, 0.25) is 5.95 Å². The Morgan fingerprint density at radius 2 is 1.76 bits per heavy atom. The molecule has 0 saturated carbocycles. The van der Waals surface area contributed by atoms with Gasteiger partial charge < -0.3 is 5.32 Å². The number of hydroxylamine groups is 1. The number of carbonyl (C=O) groups excluding carboxylic acids is 1. The maximum absolute atomic E-state index is 11.3. The van der Waals surface area contributed by atoms with Crippen molar-refractivity contribution in [2.75, 3.05) is 5.32 Å². The summed E-state index contributed by atoms with van der Waals surface area (Å²) in [6.07, 6.45) is 1.69. The van der Waals surface area contributed by atoms with Crippen molar-refractivity contribution in [3.63, 3.8) is 0 Å². The van der Waals surface area contributed by atoms with E-state index in [1.165, 1.54) is 0 Å². The molecule has 0 aliphatic heterocycles. The predicted octanol–water partition coefficient (Wildman–Crippen LogP) is 3.53. The van der Waals surface area contributed by atoms with Gasteiger partial charge in [0.25, 0.3) is 5.91 Å². The topological polar surface area (TPSA) is 87.1 Å². The second-order valence-corrected chi connectivity index (χ2v) is 5.70. The average molecular weight is 355 g/mol. The number of nitrogens with one attached hydrogen (secondary N) is 2. The number of carbonyl (C=O) groups is 1. The van der Waals surface area contributed by atoms with E-state index in [1.54, 1.807) is 35.9 Å². The summed E-state index contributed by atoms with van der Waals surface area (Å²) in [6, 6.07) is 16.1. The molecule has 1 amide bonds. The lowest BCUT2D eigenvalue weighted by molar-refractivity contribution is 0.0706. The Balaban J connectivity index is 1.68. The predicted molar refractivity (Wildman–Crippen MR) is 95.5 cm³/mol. The van der Waals surface area contributed by atoms with E-state index in [9.17, 15) is 4.79 Å². The smallest absolute Gasteiger partial charge is 0.274 e. The molecule has 0 radical (unpaired) electrons. The Morgan fingerprint density at radius 3 is 2.44 bits per heavy atom. The third-order valence-corrected chi connectivity index (χ3v) is 3.82. The third kappa shape index (κ3) is 4.32. The molecule has 0 saturated heterocycles. The van der Waals surface area contributed by atoms with Crippen LogP contribution in [0, 0.1) is 0 Å². The van der Waals surface area contributed by atoms with Crippen LogP contribution in [0.25, 0.3) is 11.3 Å². The molecule has 0 aliphatic rings. The van der Waals surface area contributed by atoms with Crippen LogP contribution in [0.1, 0.15) is 15.9 Å². The number of hydrogen-bond acceptors (Lipinski definition) is 5. The number of aromatic nitrogens is 2. The minimum atomic E-state index is -0.543. The van der Waals surface area contributed by atoms with Gasteiger partial charge in [-0.25, -0.2) is 15.4 Å². The van der Waals surface area contributed by atoms with Crippen molar-refractivity contribution in [2.45, 2.75) is 6.54 Å². The molecule has 1 heterocycles. The average Bonchev–Trinajstić information content (AvgIpc) is 2.67. The highest BCUT2D eigenvalue weighted by molar-refractivity contribution is 6.30. The van der Waals surface area contributed by atoms with Crippen LogP contribution in [0.4, 0.5) is 5.95 Å². The molecule has 1 aromatic heterocycles. The third-order valence-electron chi connectivity index (χ3n) is 3.56. The van der Waals surface area contributed by atoms with Crippen LogP contribution in [0.3, 0.4) is 0 Å². The lowest BCUT2D eigenvalue weighted by atomic mass is 10.1. The Morgan fingerprint density at radius 1 is 1.04 bits per heavy atom. The van der Waals surface area contributed by atoms with Gasteiger partial charge in [-0.05, 0) is 35.9 Å². The van der Waals surface area contributed by atoms with Crippen molar-refractivity contribution in [1.29, 1.82) is 0 Å². The summed E-state index contributed by atoms with van der Waals surface area (Å²) in [5.41, 5.74) is 4.68. The summed E-state index contributed by atoms with van der Waals surface area (Å²) in [6.45, 7) is 0.505. The van der Waals surface area contributed by atoms with Crippen molar-refractivity contribution in [1.82, 2.24) is 15.4 Å². The summed E-state index contributed by atoms with van der Waals surface area (Å²) >= 11 is 5.90.